The number of carbonyl (C=O) groups is 1. The summed E-state index contributed by atoms with van der Waals surface area (Å²) in [5.41, 5.74) is 1.28. The van der Waals surface area contributed by atoms with Gasteiger partial charge in [0, 0.05) is 24.0 Å². The van der Waals surface area contributed by atoms with Crippen molar-refractivity contribution in [2.75, 3.05) is 26.0 Å². The van der Waals surface area contributed by atoms with E-state index >= 15 is 0 Å². The molecule has 2 aromatic heterocycles. The van der Waals surface area contributed by atoms with Gasteiger partial charge in [0.2, 0.25) is 0 Å². The SMILES string of the molecule is CCOC(=O)CSc1nc2sc3c(c2c(=O)n1C1CCCCC1)CCN(C)C3. The van der Waals surface area contributed by atoms with Crippen LogP contribution in [0.1, 0.15) is 55.5 Å². The topological polar surface area (TPSA) is 64.4 Å². The number of thioether (sulfide) groups is 1. The summed E-state index contributed by atoms with van der Waals surface area (Å²) in [5, 5.41) is 1.49. The minimum absolute atomic E-state index is 0.0883. The Morgan fingerprint density at radius 3 is 2.86 bits per heavy atom. The summed E-state index contributed by atoms with van der Waals surface area (Å²) >= 11 is 2.97. The molecule has 4 rings (SSSR count). The molecule has 0 aromatic carbocycles. The number of hydrogen-bond acceptors (Lipinski definition) is 7. The molecule has 2 aliphatic rings. The average molecular weight is 422 g/mol. The van der Waals surface area contributed by atoms with Crippen molar-refractivity contribution >= 4 is 39.3 Å². The van der Waals surface area contributed by atoms with Gasteiger partial charge in [0.15, 0.2) is 5.16 Å². The first-order valence-corrected chi connectivity index (χ1v) is 11.9. The van der Waals surface area contributed by atoms with Crippen LogP contribution in [0.4, 0.5) is 0 Å². The lowest BCUT2D eigenvalue weighted by Crippen LogP contribution is -2.30. The van der Waals surface area contributed by atoms with E-state index in [1.54, 1.807) is 18.3 Å². The lowest BCUT2D eigenvalue weighted by molar-refractivity contribution is -0.139. The standard InChI is InChI=1S/C20H27N3O3S2/c1-3-26-16(24)12-27-20-21-18-17(14-9-10-22(2)11-15(14)28-18)19(25)23(20)13-7-5-4-6-8-13/h13H,3-12H2,1-2H3. The maximum Gasteiger partial charge on any atom is 0.316 e. The van der Waals surface area contributed by atoms with Gasteiger partial charge < -0.3 is 9.64 Å². The summed E-state index contributed by atoms with van der Waals surface area (Å²) in [4.78, 5) is 34.8. The fourth-order valence-electron chi connectivity index (χ4n) is 4.25. The smallest absolute Gasteiger partial charge is 0.316 e. The van der Waals surface area contributed by atoms with Gasteiger partial charge in [-0.25, -0.2) is 4.98 Å². The van der Waals surface area contributed by atoms with Crippen LogP contribution in [0.2, 0.25) is 0 Å². The highest BCUT2D eigenvalue weighted by Crippen LogP contribution is 2.36. The van der Waals surface area contributed by atoms with Gasteiger partial charge in [-0.2, -0.15) is 0 Å². The van der Waals surface area contributed by atoms with Crippen LogP contribution in [0.25, 0.3) is 10.2 Å². The van der Waals surface area contributed by atoms with E-state index in [0.29, 0.717) is 11.8 Å². The lowest BCUT2D eigenvalue weighted by atomic mass is 9.95. The fraction of sp³-hybridized carbons (Fsp3) is 0.650. The molecule has 1 aliphatic carbocycles. The zero-order valence-electron chi connectivity index (χ0n) is 16.5. The minimum Gasteiger partial charge on any atom is -0.465 e. The number of thiophene rings is 1. The van der Waals surface area contributed by atoms with Crippen LogP contribution in [0.15, 0.2) is 9.95 Å². The summed E-state index contributed by atoms with van der Waals surface area (Å²) in [5.74, 6) is -0.0732. The monoisotopic (exact) mass is 421 g/mol. The summed E-state index contributed by atoms with van der Waals surface area (Å²) in [6.45, 7) is 4.02. The first kappa shape index (κ1) is 19.9. The molecular formula is C20H27N3O3S2. The van der Waals surface area contributed by atoms with Crippen molar-refractivity contribution in [2.45, 2.75) is 63.2 Å². The van der Waals surface area contributed by atoms with Gasteiger partial charge in [0.25, 0.3) is 5.56 Å². The fourth-order valence-corrected chi connectivity index (χ4v) is 6.46. The average Bonchev–Trinajstić information content (AvgIpc) is 3.04. The molecule has 1 aliphatic heterocycles. The lowest BCUT2D eigenvalue weighted by Gasteiger charge is -2.26. The molecule has 0 bridgehead atoms. The van der Waals surface area contributed by atoms with Crippen molar-refractivity contribution in [3.63, 3.8) is 0 Å². The first-order valence-electron chi connectivity index (χ1n) is 10.1. The summed E-state index contributed by atoms with van der Waals surface area (Å²) < 4.78 is 6.97. The number of nitrogens with zero attached hydrogens (tertiary/aromatic N) is 3. The Balaban J connectivity index is 1.79. The molecule has 0 amide bonds. The molecule has 8 heteroatoms. The van der Waals surface area contributed by atoms with Gasteiger partial charge >= 0.3 is 5.97 Å². The van der Waals surface area contributed by atoms with E-state index in [2.05, 4.69) is 11.9 Å². The Morgan fingerprint density at radius 1 is 1.32 bits per heavy atom. The number of fused-ring (bicyclic) bond motifs is 3. The number of hydrogen-bond donors (Lipinski definition) is 0. The molecular weight excluding hydrogens is 394 g/mol. The van der Waals surface area contributed by atoms with Crippen molar-refractivity contribution in [3.8, 4) is 0 Å². The third kappa shape index (κ3) is 3.86. The van der Waals surface area contributed by atoms with Gasteiger partial charge in [-0.3, -0.25) is 14.2 Å². The predicted molar refractivity (Wildman–Crippen MR) is 113 cm³/mol. The van der Waals surface area contributed by atoms with E-state index in [1.807, 2.05) is 4.57 Å². The molecule has 0 saturated heterocycles. The Labute approximate surface area is 173 Å². The van der Waals surface area contributed by atoms with E-state index in [4.69, 9.17) is 9.72 Å². The van der Waals surface area contributed by atoms with Crippen LogP contribution in [-0.4, -0.2) is 46.4 Å². The van der Waals surface area contributed by atoms with Crippen LogP contribution in [0, 0.1) is 0 Å². The Kier molecular flexibility index (Phi) is 6.08. The van der Waals surface area contributed by atoms with Gasteiger partial charge in [0.1, 0.15) is 4.83 Å². The predicted octanol–water partition coefficient (Wildman–Crippen LogP) is 3.61. The van der Waals surface area contributed by atoms with E-state index in [0.717, 1.165) is 55.4 Å². The Bertz CT molecular complexity index is 931. The third-order valence-corrected chi connectivity index (χ3v) is 7.67. The maximum atomic E-state index is 13.6. The van der Waals surface area contributed by atoms with E-state index in [-0.39, 0.29) is 23.3 Å². The quantitative estimate of drug-likeness (QED) is 0.417. The second-order valence-electron chi connectivity index (χ2n) is 7.63. The highest BCUT2D eigenvalue weighted by atomic mass is 32.2. The van der Waals surface area contributed by atoms with Crippen molar-refractivity contribution in [3.05, 3.63) is 20.8 Å². The zero-order valence-corrected chi connectivity index (χ0v) is 18.2. The minimum atomic E-state index is -0.260. The van der Waals surface area contributed by atoms with Crippen LogP contribution in [0.5, 0.6) is 0 Å². The molecule has 28 heavy (non-hydrogen) atoms. The zero-order chi connectivity index (χ0) is 19.7. The number of ether oxygens (including phenoxy) is 1. The van der Waals surface area contributed by atoms with Crippen LogP contribution < -0.4 is 5.56 Å². The van der Waals surface area contributed by atoms with E-state index < -0.39 is 0 Å². The molecule has 0 spiro atoms. The van der Waals surface area contributed by atoms with Crippen molar-refractivity contribution < 1.29 is 9.53 Å². The van der Waals surface area contributed by atoms with Gasteiger partial charge in [-0.1, -0.05) is 31.0 Å². The highest BCUT2D eigenvalue weighted by molar-refractivity contribution is 7.99. The van der Waals surface area contributed by atoms with Crippen LogP contribution >= 0.6 is 23.1 Å². The van der Waals surface area contributed by atoms with Crippen LogP contribution in [0.3, 0.4) is 0 Å². The van der Waals surface area contributed by atoms with Crippen molar-refractivity contribution in [1.82, 2.24) is 14.5 Å². The van der Waals surface area contributed by atoms with E-state index in [9.17, 15) is 9.59 Å². The highest BCUT2D eigenvalue weighted by Gasteiger charge is 2.27. The molecule has 0 unspecified atom stereocenters. The maximum absolute atomic E-state index is 13.6. The van der Waals surface area contributed by atoms with Crippen molar-refractivity contribution in [1.29, 1.82) is 0 Å². The molecule has 0 N–H and O–H groups in total. The second kappa shape index (κ2) is 8.55. The Morgan fingerprint density at radius 2 is 2.11 bits per heavy atom. The summed E-state index contributed by atoms with van der Waals surface area (Å²) in [7, 11) is 2.11. The second-order valence-corrected chi connectivity index (χ2v) is 9.65. The molecule has 6 nitrogen and oxygen atoms in total. The van der Waals surface area contributed by atoms with Gasteiger partial charge in [-0.05, 0) is 38.8 Å². The number of aromatic nitrogens is 2. The van der Waals surface area contributed by atoms with Gasteiger partial charge in [0.05, 0.1) is 17.7 Å². The summed E-state index contributed by atoms with van der Waals surface area (Å²) in [6.07, 6.45) is 6.44. The van der Waals surface area contributed by atoms with Crippen molar-refractivity contribution in [2.24, 2.45) is 0 Å². The Hall–Kier alpha value is -1.38. The molecule has 1 saturated carbocycles. The number of esters is 1. The normalized spacial score (nSPS) is 18.4. The number of likely N-dealkylation sites (N-methyl/N-ethyl adjacent to an activating group) is 1. The third-order valence-electron chi connectivity index (χ3n) is 5.63. The molecule has 2 aromatic rings. The first-order chi connectivity index (χ1) is 13.6. The number of rotatable bonds is 5. The molecule has 152 valence electrons. The molecule has 3 heterocycles. The van der Waals surface area contributed by atoms with Gasteiger partial charge in [-0.15, -0.1) is 11.3 Å². The van der Waals surface area contributed by atoms with Crippen LogP contribution in [-0.2, 0) is 22.5 Å². The largest absolute Gasteiger partial charge is 0.465 e. The molecule has 0 radical (unpaired) electrons. The number of carbonyl (C=O) groups excluding carboxylic acids is 1. The molecule has 0 atom stereocenters. The molecule has 1 fully saturated rings. The summed E-state index contributed by atoms with van der Waals surface area (Å²) in [6, 6.07) is 0.185. The van der Waals surface area contributed by atoms with E-state index in [1.165, 1.54) is 28.6 Å².